The fraction of sp³-hybridized carbons (Fsp3) is 0.176. The molecule has 0 saturated heterocycles. The van der Waals surface area contributed by atoms with Crippen molar-refractivity contribution >= 4 is 11.5 Å². The third-order valence-electron chi connectivity index (χ3n) is 3.35. The first-order valence-corrected chi connectivity index (χ1v) is 7.40. The molecule has 1 aromatic carbocycles. The molecule has 7 heteroatoms. The minimum absolute atomic E-state index is 0.0329. The molecule has 6 nitrogen and oxygen atoms in total. The van der Waals surface area contributed by atoms with Gasteiger partial charge < -0.3 is 15.2 Å². The Kier molecular flexibility index (Phi) is 4.72. The first kappa shape index (κ1) is 15.9. The normalized spacial score (nSPS) is 12.1. The molecule has 0 unspecified atom stereocenters. The predicted molar refractivity (Wildman–Crippen MR) is 87.9 cm³/mol. The molecule has 0 amide bonds. The second-order valence-corrected chi connectivity index (χ2v) is 5.21. The molecule has 0 aliphatic rings. The summed E-state index contributed by atoms with van der Waals surface area (Å²) in [6, 6.07) is 12.2. The van der Waals surface area contributed by atoms with Crippen LogP contribution in [0.3, 0.4) is 0 Å². The van der Waals surface area contributed by atoms with Gasteiger partial charge in [0.15, 0.2) is 0 Å². The zero-order valence-electron chi connectivity index (χ0n) is 12.7. The van der Waals surface area contributed by atoms with Crippen molar-refractivity contribution in [2.24, 2.45) is 0 Å². The van der Waals surface area contributed by atoms with Gasteiger partial charge in [0.2, 0.25) is 0 Å². The molecule has 3 aromatic rings. The first-order chi connectivity index (χ1) is 11.6. The molecule has 0 fully saturated rings. The quantitative estimate of drug-likeness (QED) is 0.720. The lowest BCUT2D eigenvalue weighted by Crippen LogP contribution is -2.27. The molecule has 0 saturated carbocycles. The number of halogens is 1. The fourth-order valence-corrected chi connectivity index (χ4v) is 2.15. The van der Waals surface area contributed by atoms with Crippen molar-refractivity contribution in [1.29, 1.82) is 0 Å². The molecule has 2 heterocycles. The molecule has 0 bridgehead atoms. The zero-order chi connectivity index (χ0) is 16.9. The molecule has 0 spiro atoms. The van der Waals surface area contributed by atoms with Crippen molar-refractivity contribution in [3.8, 4) is 5.75 Å². The van der Waals surface area contributed by atoms with E-state index >= 15 is 0 Å². The molecule has 2 N–H and O–H groups in total. The summed E-state index contributed by atoms with van der Waals surface area (Å²) in [5.74, 6) is 0.503. The maximum atomic E-state index is 12.8. The number of aliphatic hydroxyl groups excluding tert-OH is 1. The van der Waals surface area contributed by atoms with E-state index in [1.807, 2.05) is 0 Å². The van der Waals surface area contributed by atoms with Gasteiger partial charge in [0.25, 0.3) is 5.56 Å². The van der Waals surface area contributed by atoms with E-state index in [-0.39, 0.29) is 24.5 Å². The van der Waals surface area contributed by atoms with Gasteiger partial charge in [0.1, 0.15) is 35.7 Å². The molecular weight excluding hydrogens is 313 g/mol. The fourth-order valence-electron chi connectivity index (χ4n) is 2.15. The van der Waals surface area contributed by atoms with Crippen LogP contribution >= 0.6 is 0 Å². The molecule has 124 valence electrons. The van der Waals surface area contributed by atoms with E-state index in [0.29, 0.717) is 17.2 Å². The highest BCUT2D eigenvalue weighted by molar-refractivity contribution is 5.46. The summed E-state index contributed by atoms with van der Waals surface area (Å²) in [6.07, 6.45) is 0.825. The number of aromatic nitrogens is 2. The molecule has 0 aliphatic heterocycles. The summed E-state index contributed by atoms with van der Waals surface area (Å²) >= 11 is 0. The Balaban J connectivity index is 1.57. The molecule has 1 atom stereocenters. The van der Waals surface area contributed by atoms with Gasteiger partial charge in [0, 0.05) is 18.8 Å². The van der Waals surface area contributed by atoms with E-state index in [1.165, 1.54) is 34.7 Å². The number of hydrogen-bond acceptors (Lipinski definition) is 5. The summed E-state index contributed by atoms with van der Waals surface area (Å²) in [6.45, 7) is 0.196. The second-order valence-electron chi connectivity index (χ2n) is 5.21. The van der Waals surface area contributed by atoms with E-state index in [1.54, 1.807) is 24.4 Å². The standard InChI is InChI=1S/C17H16FN3O3/c18-12-4-6-14(7-5-12)24-11-13(22)10-19-15-9-17(23)21-8-2-1-3-16(21)20-15/h1-9,13,19,22H,10-11H2/t13-/m1/s1. The summed E-state index contributed by atoms with van der Waals surface area (Å²) < 4.78 is 19.6. The van der Waals surface area contributed by atoms with Crippen molar-refractivity contribution < 1.29 is 14.2 Å². The number of pyridine rings is 1. The number of hydrogen-bond donors (Lipinski definition) is 2. The van der Waals surface area contributed by atoms with Crippen LogP contribution in [0.25, 0.3) is 5.65 Å². The van der Waals surface area contributed by atoms with Gasteiger partial charge >= 0.3 is 0 Å². The smallest absolute Gasteiger partial charge is 0.259 e. The van der Waals surface area contributed by atoms with E-state index in [9.17, 15) is 14.3 Å². The number of rotatable bonds is 6. The Labute approximate surface area is 137 Å². The van der Waals surface area contributed by atoms with Crippen LogP contribution in [0.1, 0.15) is 0 Å². The van der Waals surface area contributed by atoms with Crippen molar-refractivity contribution in [2.45, 2.75) is 6.10 Å². The average molecular weight is 329 g/mol. The van der Waals surface area contributed by atoms with Crippen molar-refractivity contribution in [3.05, 3.63) is 70.9 Å². The minimum Gasteiger partial charge on any atom is -0.491 e. The molecule has 0 radical (unpaired) electrons. The highest BCUT2D eigenvalue weighted by Gasteiger charge is 2.07. The number of anilines is 1. The molecule has 2 aromatic heterocycles. The number of ether oxygens (including phenoxy) is 1. The third-order valence-corrected chi connectivity index (χ3v) is 3.35. The highest BCUT2D eigenvalue weighted by atomic mass is 19.1. The van der Waals surface area contributed by atoms with E-state index in [2.05, 4.69) is 10.3 Å². The summed E-state index contributed by atoms with van der Waals surface area (Å²) in [5.41, 5.74) is 0.310. The van der Waals surface area contributed by atoms with Gasteiger partial charge in [-0.15, -0.1) is 0 Å². The van der Waals surface area contributed by atoms with E-state index < -0.39 is 6.10 Å². The Morgan fingerprint density at radius 3 is 2.83 bits per heavy atom. The Hall–Kier alpha value is -2.93. The van der Waals surface area contributed by atoms with Crippen LogP contribution in [-0.2, 0) is 0 Å². The van der Waals surface area contributed by atoms with E-state index in [0.717, 1.165) is 0 Å². The summed E-state index contributed by atoms with van der Waals surface area (Å²) in [5, 5.41) is 12.8. The summed E-state index contributed by atoms with van der Waals surface area (Å²) in [4.78, 5) is 16.2. The van der Waals surface area contributed by atoms with Gasteiger partial charge in [-0.2, -0.15) is 0 Å². The Morgan fingerprint density at radius 2 is 2.04 bits per heavy atom. The maximum absolute atomic E-state index is 12.8. The lowest BCUT2D eigenvalue weighted by Gasteiger charge is -2.14. The number of aliphatic hydroxyl groups is 1. The largest absolute Gasteiger partial charge is 0.491 e. The second kappa shape index (κ2) is 7.10. The lowest BCUT2D eigenvalue weighted by atomic mass is 10.3. The molecule has 3 rings (SSSR count). The van der Waals surface area contributed by atoms with Crippen molar-refractivity contribution in [2.75, 3.05) is 18.5 Å². The average Bonchev–Trinajstić information content (AvgIpc) is 2.59. The Morgan fingerprint density at radius 1 is 1.25 bits per heavy atom. The number of nitrogens with one attached hydrogen (secondary N) is 1. The Bertz CT molecular complexity index is 880. The van der Waals surface area contributed by atoms with Crippen LogP contribution < -0.4 is 15.6 Å². The van der Waals surface area contributed by atoms with E-state index in [4.69, 9.17) is 4.74 Å². The van der Waals surface area contributed by atoms with Gasteiger partial charge in [-0.05, 0) is 36.4 Å². The minimum atomic E-state index is -0.814. The van der Waals surface area contributed by atoms with Gasteiger partial charge in [0.05, 0.1) is 0 Å². The van der Waals surface area contributed by atoms with Crippen molar-refractivity contribution in [1.82, 2.24) is 9.38 Å². The van der Waals surface area contributed by atoms with Gasteiger partial charge in [-0.25, -0.2) is 9.37 Å². The highest BCUT2D eigenvalue weighted by Crippen LogP contribution is 2.11. The number of benzene rings is 1. The van der Waals surface area contributed by atoms with Crippen LogP contribution in [0.4, 0.5) is 10.2 Å². The first-order valence-electron chi connectivity index (χ1n) is 7.40. The van der Waals surface area contributed by atoms with Crippen LogP contribution in [0.2, 0.25) is 0 Å². The molecule has 24 heavy (non-hydrogen) atoms. The van der Waals surface area contributed by atoms with Crippen LogP contribution in [0.5, 0.6) is 5.75 Å². The van der Waals surface area contributed by atoms with Gasteiger partial charge in [-0.1, -0.05) is 6.07 Å². The molecular formula is C17H16FN3O3. The van der Waals surface area contributed by atoms with Crippen LogP contribution in [-0.4, -0.2) is 33.7 Å². The monoisotopic (exact) mass is 329 g/mol. The number of fused-ring (bicyclic) bond motifs is 1. The topological polar surface area (TPSA) is 75.9 Å². The number of nitrogens with zero attached hydrogens (tertiary/aromatic N) is 2. The van der Waals surface area contributed by atoms with Gasteiger partial charge in [-0.3, -0.25) is 9.20 Å². The SMILES string of the molecule is O=c1cc(NC[C@@H](O)COc2ccc(F)cc2)nc2ccccn12. The predicted octanol–water partition coefficient (Wildman–Crippen LogP) is 1.69. The van der Waals surface area contributed by atoms with Crippen molar-refractivity contribution in [3.63, 3.8) is 0 Å². The maximum Gasteiger partial charge on any atom is 0.259 e. The van der Waals surface area contributed by atoms with Crippen LogP contribution in [0.15, 0.2) is 59.5 Å². The summed E-state index contributed by atoms with van der Waals surface area (Å²) in [7, 11) is 0. The lowest BCUT2D eigenvalue weighted by molar-refractivity contribution is 0.117. The third kappa shape index (κ3) is 3.88. The zero-order valence-corrected chi connectivity index (χ0v) is 12.7. The molecule has 0 aliphatic carbocycles. The van der Waals surface area contributed by atoms with Crippen LogP contribution in [0, 0.1) is 5.82 Å².